The zero-order chi connectivity index (χ0) is 24.7. The van der Waals surface area contributed by atoms with Gasteiger partial charge in [0.1, 0.15) is 17.7 Å². The van der Waals surface area contributed by atoms with E-state index < -0.39 is 11.1 Å². The number of pyridine rings is 1. The lowest BCUT2D eigenvalue weighted by Crippen LogP contribution is -2.63. The summed E-state index contributed by atoms with van der Waals surface area (Å²) in [5.74, 6) is 6.81. The van der Waals surface area contributed by atoms with Crippen molar-refractivity contribution in [3.8, 4) is 11.8 Å². The van der Waals surface area contributed by atoms with E-state index in [4.69, 9.17) is 4.74 Å². The zero-order valence-corrected chi connectivity index (χ0v) is 21.1. The Labute approximate surface area is 202 Å². The van der Waals surface area contributed by atoms with Gasteiger partial charge in [0.2, 0.25) is 0 Å². The van der Waals surface area contributed by atoms with Crippen LogP contribution >= 0.6 is 0 Å². The van der Waals surface area contributed by atoms with Crippen LogP contribution in [0.2, 0.25) is 0 Å². The molecule has 1 atom stereocenters. The Kier molecular flexibility index (Phi) is 6.22. The van der Waals surface area contributed by atoms with Crippen LogP contribution in [0.1, 0.15) is 62.8 Å². The normalized spacial score (nSPS) is 19.8. The summed E-state index contributed by atoms with van der Waals surface area (Å²) in [6, 6.07) is 10.2. The molecule has 2 aromatic rings. The number of cyclic esters (lactones) is 1. The van der Waals surface area contributed by atoms with Crippen molar-refractivity contribution in [2.75, 3.05) is 33.3 Å². The molecule has 6 heteroatoms. The third-order valence-electron chi connectivity index (χ3n) is 7.21. The van der Waals surface area contributed by atoms with Crippen LogP contribution in [0.15, 0.2) is 42.7 Å². The molecule has 3 heterocycles. The molecule has 0 spiro atoms. The Morgan fingerprint density at radius 3 is 2.38 bits per heavy atom. The number of aromatic nitrogens is 1. The van der Waals surface area contributed by atoms with Gasteiger partial charge in [0, 0.05) is 42.0 Å². The number of likely N-dealkylation sites (tertiary alicyclic amines) is 1. The quantitative estimate of drug-likeness (QED) is 0.683. The first kappa shape index (κ1) is 24.3. The average Bonchev–Trinajstić information content (AvgIpc) is 3.23. The van der Waals surface area contributed by atoms with Crippen molar-refractivity contribution in [2.45, 2.75) is 51.7 Å². The fourth-order valence-corrected chi connectivity index (χ4v) is 5.25. The summed E-state index contributed by atoms with van der Waals surface area (Å²) < 4.78 is 5.07. The van der Waals surface area contributed by atoms with Crippen LogP contribution in [0.5, 0.6) is 0 Å². The second kappa shape index (κ2) is 8.72. The van der Waals surface area contributed by atoms with Crippen molar-refractivity contribution in [1.29, 1.82) is 0 Å². The molecule has 2 aliphatic heterocycles. The predicted octanol–water partition coefficient (Wildman–Crippen LogP) is 3.97. The maximum absolute atomic E-state index is 12.4. The number of hydrogen-bond donors (Lipinski definition) is 1. The lowest BCUT2D eigenvalue weighted by Gasteiger charge is -2.55. The van der Waals surface area contributed by atoms with E-state index in [0.717, 1.165) is 24.2 Å². The van der Waals surface area contributed by atoms with Gasteiger partial charge >= 0.3 is 6.09 Å². The molecule has 34 heavy (non-hydrogen) atoms. The van der Waals surface area contributed by atoms with E-state index in [2.05, 4.69) is 61.7 Å². The van der Waals surface area contributed by atoms with E-state index in [-0.39, 0.29) is 11.5 Å². The van der Waals surface area contributed by atoms with E-state index in [0.29, 0.717) is 24.6 Å². The minimum atomic E-state index is -1.21. The SMILES string of the molecule is CC(C)c1ccc([C@](O)(c2cncc(C#CC(C)(C)N3CCOC3=O)c2)C2(C)CN(C)C2)cc1. The smallest absolute Gasteiger partial charge is 0.411 e. The Balaban J connectivity index is 1.73. The lowest BCUT2D eigenvalue weighted by molar-refractivity contribution is -0.127. The average molecular weight is 462 g/mol. The summed E-state index contributed by atoms with van der Waals surface area (Å²) in [6.45, 7) is 12.7. The van der Waals surface area contributed by atoms with Crippen LogP contribution in [0.4, 0.5) is 4.79 Å². The van der Waals surface area contributed by atoms with Crippen molar-refractivity contribution in [1.82, 2.24) is 14.8 Å². The molecule has 1 N–H and O–H groups in total. The first-order valence-electron chi connectivity index (χ1n) is 11.9. The van der Waals surface area contributed by atoms with Crippen LogP contribution in [-0.2, 0) is 10.3 Å². The van der Waals surface area contributed by atoms with Gasteiger partial charge in [-0.2, -0.15) is 0 Å². The van der Waals surface area contributed by atoms with Crippen LogP contribution in [0.3, 0.4) is 0 Å². The van der Waals surface area contributed by atoms with Gasteiger partial charge in [0.15, 0.2) is 0 Å². The zero-order valence-electron chi connectivity index (χ0n) is 21.1. The van der Waals surface area contributed by atoms with E-state index in [1.165, 1.54) is 5.56 Å². The van der Waals surface area contributed by atoms with Crippen LogP contribution in [0, 0.1) is 17.3 Å². The fourth-order valence-electron chi connectivity index (χ4n) is 5.25. The van der Waals surface area contributed by atoms with Gasteiger partial charge in [-0.25, -0.2) is 4.79 Å². The second-order valence-corrected chi connectivity index (χ2v) is 10.8. The number of aliphatic hydroxyl groups is 1. The molecule has 6 nitrogen and oxygen atoms in total. The van der Waals surface area contributed by atoms with Gasteiger partial charge in [-0.05, 0) is 44.0 Å². The molecular formula is C28H35N3O3. The highest BCUT2D eigenvalue weighted by Gasteiger charge is 2.55. The maximum Gasteiger partial charge on any atom is 0.411 e. The molecule has 1 aromatic heterocycles. The highest BCUT2D eigenvalue weighted by atomic mass is 16.6. The van der Waals surface area contributed by atoms with Gasteiger partial charge in [-0.15, -0.1) is 0 Å². The summed E-state index contributed by atoms with van der Waals surface area (Å²) in [4.78, 5) is 20.3. The molecule has 4 rings (SSSR count). The summed E-state index contributed by atoms with van der Waals surface area (Å²) in [7, 11) is 2.07. The van der Waals surface area contributed by atoms with Gasteiger partial charge in [-0.1, -0.05) is 56.9 Å². The topological polar surface area (TPSA) is 65.9 Å². The van der Waals surface area contributed by atoms with Gasteiger partial charge < -0.3 is 14.7 Å². The van der Waals surface area contributed by atoms with Crippen LogP contribution < -0.4 is 0 Å². The van der Waals surface area contributed by atoms with E-state index >= 15 is 0 Å². The molecule has 0 bridgehead atoms. The Bertz CT molecular complexity index is 1120. The minimum absolute atomic E-state index is 0.340. The Morgan fingerprint density at radius 2 is 1.82 bits per heavy atom. The number of carbonyl (C=O) groups is 1. The monoisotopic (exact) mass is 461 g/mol. The molecule has 2 aliphatic rings. The minimum Gasteiger partial charge on any atom is -0.447 e. The predicted molar refractivity (Wildman–Crippen MR) is 132 cm³/mol. The number of carbonyl (C=O) groups excluding carboxylic acids is 1. The van der Waals surface area contributed by atoms with E-state index in [9.17, 15) is 9.90 Å². The van der Waals surface area contributed by atoms with Crippen molar-refractivity contribution in [2.24, 2.45) is 5.41 Å². The molecule has 2 saturated heterocycles. The van der Waals surface area contributed by atoms with Gasteiger partial charge in [0.25, 0.3) is 0 Å². The number of benzene rings is 1. The molecule has 1 amide bonds. The summed E-state index contributed by atoms with van der Waals surface area (Å²) >= 11 is 0. The molecule has 2 fully saturated rings. The highest BCUT2D eigenvalue weighted by Crippen LogP contribution is 2.50. The fraction of sp³-hybridized carbons (Fsp3) is 0.500. The lowest BCUT2D eigenvalue weighted by atomic mass is 9.62. The summed E-state index contributed by atoms with van der Waals surface area (Å²) in [5, 5.41) is 12.4. The molecular weight excluding hydrogens is 426 g/mol. The number of hydrogen-bond acceptors (Lipinski definition) is 5. The van der Waals surface area contributed by atoms with Crippen molar-refractivity contribution >= 4 is 6.09 Å². The van der Waals surface area contributed by atoms with Gasteiger partial charge in [-0.3, -0.25) is 9.88 Å². The first-order valence-corrected chi connectivity index (χ1v) is 11.9. The van der Waals surface area contributed by atoms with E-state index in [1.807, 2.05) is 32.0 Å². The second-order valence-electron chi connectivity index (χ2n) is 10.8. The highest BCUT2D eigenvalue weighted by molar-refractivity contribution is 5.71. The maximum atomic E-state index is 12.4. The number of rotatable bonds is 5. The number of nitrogens with zero attached hydrogens (tertiary/aromatic N) is 3. The Hall–Kier alpha value is -2.88. The third kappa shape index (κ3) is 4.19. The standard InChI is InChI=1S/C28H35N3O3/c1-20(2)22-7-9-23(10-8-22)28(33,27(5)18-30(6)19-27)24-15-21(16-29-17-24)11-12-26(3,4)31-13-14-34-25(31)32/h7-10,15-17,20,33H,13-14,18-19H2,1-6H3/t28-/m0/s1. The van der Waals surface area contributed by atoms with Crippen molar-refractivity contribution in [3.63, 3.8) is 0 Å². The molecule has 1 aromatic carbocycles. The van der Waals surface area contributed by atoms with Crippen LogP contribution in [0.25, 0.3) is 0 Å². The largest absolute Gasteiger partial charge is 0.447 e. The Morgan fingerprint density at radius 1 is 1.15 bits per heavy atom. The molecule has 180 valence electrons. The van der Waals surface area contributed by atoms with E-state index in [1.54, 1.807) is 17.3 Å². The summed E-state index contributed by atoms with van der Waals surface area (Å²) in [5.41, 5.74) is 1.27. The molecule has 0 aliphatic carbocycles. The third-order valence-corrected chi connectivity index (χ3v) is 7.21. The number of amides is 1. The van der Waals surface area contributed by atoms with Gasteiger partial charge in [0.05, 0.1) is 6.54 Å². The molecule has 0 radical (unpaired) electrons. The molecule has 0 saturated carbocycles. The van der Waals surface area contributed by atoms with Crippen molar-refractivity contribution in [3.05, 3.63) is 65.0 Å². The molecule has 0 unspecified atom stereocenters. The summed E-state index contributed by atoms with van der Waals surface area (Å²) in [6.07, 6.45) is 3.10. The first-order chi connectivity index (χ1) is 16.0. The number of ether oxygens (including phenoxy) is 1. The van der Waals surface area contributed by atoms with Crippen LogP contribution in [-0.4, -0.2) is 64.8 Å². The van der Waals surface area contributed by atoms with Crippen molar-refractivity contribution < 1.29 is 14.6 Å².